The van der Waals surface area contributed by atoms with Crippen LogP contribution in [0.3, 0.4) is 0 Å². The number of ether oxygens (including phenoxy) is 3. The van der Waals surface area contributed by atoms with Crippen molar-refractivity contribution in [3.05, 3.63) is 89.6 Å². The maximum Gasteiger partial charge on any atom is 0.247 e. The molecule has 8 nitrogen and oxygen atoms in total. The Kier molecular flexibility index (Phi) is 7.80. The highest BCUT2D eigenvalue weighted by Crippen LogP contribution is 2.34. The Hall–Kier alpha value is -4.46. The molecule has 2 amide bonds. The highest BCUT2D eigenvalue weighted by Gasteiger charge is 2.33. The summed E-state index contributed by atoms with van der Waals surface area (Å²) in [5.74, 6) is 1.68. The number of hydrogen-bond acceptors (Lipinski definition) is 5. The molecule has 1 aromatic heterocycles. The van der Waals surface area contributed by atoms with Gasteiger partial charge in [-0.1, -0.05) is 55.7 Å². The summed E-state index contributed by atoms with van der Waals surface area (Å²) in [6.45, 7) is 0.396. The maximum absolute atomic E-state index is 14.3. The molecule has 1 atom stereocenters. The number of benzene rings is 3. The predicted molar refractivity (Wildman–Crippen MR) is 156 cm³/mol. The van der Waals surface area contributed by atoms with Crippen molar-refractivity contribution < 1.29 is 23.8 Å². The molecule has 2 aliphatic rings. The van der Waals surface area contributed by atoms with Crippen LogP contribution in [0.5, 0.6) is 17.2 Å². The number of fused-ring (bicyclic) bond motifs is 2. The van der Waals surface area contributed by atoms with Gasteiger partial charge in [-0.3, -0.25) is 9.59 Å². The highest BCUT2D eigenvalue weighted by atomic mass is 16.7. The van der Waals surface area contributed by atoms with Crippen molar-refractivity contribution in [2.45, 2.75) is 57.2 Å². The number of nitrogens with zero attached hydrogens (tertiary/aromatic N) is 1. The standard InChI is InChI=1S/C33H35N3O5/c1-39-26-14-12-23(13-15-26)32(33(38)35-25-7-3-2-4-8-25)36(20-22-11-16-29-30(17-22)41-21-40-29)31(37)18-24-19-34-28-10-6-5-9-27(24)28/h5-6,9-17,19,25,32,34H,2-4,7-8,18,20-21H2,1H3,(H,35,38)/t32-/m1/s1. The molecule has 1 aliphatic heterocycles. The Morgan fingerprint density at radius 1 is 1.00 bits per heavy atom. The molecule has 0 saturated heterocycles. The van der Waals surface area contributed by atoms with E-state index in [1.165, 1.54) is 6.42 Å². The number of amides is 2. The van der Waals surface area contributed by atoms with Gasteiger partial charge in [0.1, 0.15) is 11.8 Å². The highest BCUT2D eigenvalue weighted by molar-refractivity contribution is 5.92. The fraction of sp³-hybridized carbons (Fsp3) is 0.333. The van der Waals surface area contributed by atoms with Gasteiger partial charge in [0, 0.05) is 29.7 Å². The van der Waals surface area contributed by atoms with Crippen LogP contribution in [0.15, 0.2) is 72.9 Å². The number of para-hydroxylation sites is 1. The zero-order chi connectivity index (χ0) is 28.2. The Labute approximate surface area is 239 Å². The Balaban J connectivity index is 1.37. The Bertz CT molecular complexity index is 1520. The lowest BCUT2D eigenvalue weighted by Gasteiger charge is -2.33. The fourth-order valence-corrected chi connectivity index (χ4v) is 5.89. The number of hydrogen-bond donors (Lipinski definition) is 2. The molecule has 0 unspecified atom stereocenters. The molecular weight excluding hydrogens is 518 g/mol. The normalized spacial score (nSPS) is 15.4. The van der Waals surface area contributed by atoms with Crippen LogP contribution in [0.1, 0.15) is 54.8 Å². The number of aromatic amines is 1. The van der Waals surface area contributed by atoms with E-state index in [1.807, 2.05) is 72.9 Å². The average molecular weight is 554 g/mol. The van der Waals surface area contributed by atoms with Crippen molar-refractivity contribution in [3.63, 3.8) is 0 Å². The molecule has 1 saturated carbocycles. The van der Waals surface area contributed by atoms with Gasteiger partial charge in [-0.2, -0.15) is 0 Å². The summed E-state index contributed by atoms with van der Waals surface area (Å²) in [6.07, 6.45) is 7.31. The third-order valence-electron chi connectivity index (χ3n) is 8.07. The van der Waals surface area contributed by atoms with Crippen molar-refractivity contribution in [1.82, 2.24) is 15.2 Å². The lowest BCUT2D eigenvalue weighted by Crippen LogP contribution is -2.47. The second-order valence-corrected chi connectivity index (χ2v) is 10.8. The number of rotatable bonds is 9. The van der Waals surface area contributed by atoms with Crippen molar-refractivity contribution in [2.24, 2.45) is 0 Å². The summed E-state index contributed by atoms with van der Waals surface area (Å²) in [6, 6.07) is 20.3. The van der Waals surface area contributed by atoms with E-state index in [-0.39, 0.29) is 37.6 Å². The van der Waals surface area contributed by atoms with Gasteiger partial charge in [0.05, 0.1) is 13.5 Å². The molecule has 2 N–H and O–H groups in total. The fourth-order valence-electron chi connectivity index (χ4n) is 5.89. The first-order valence-electron chi connectivity index (χ1n) is 14.3. The second-order valence-electron chi connectivity index (χ2n) is 10.8. The van der Waals surface area contributed by atoms with Crippen molar-refractivity contribution >= 4 is 22.7 Å². The van der Waals surface area contributed by atoms with Crippen molar-refractivity contribution in [3.8, 4) is 17.2 Å². The minimum Gasteiger partial charge on any atom is -0.497 e. The molecule has 2 heterocycles. The largest absolute Gasteiger partial charge is 0.497 e. The molecule has 4 aromatic rings. The van der Waals surface area contributed by atoms with Crippen LogP contribution in [0.2, 0.25) is 0 Å². The SMILES string of the molecule is COc1ccc([C@H](C(=O)NC2CCCCC2)N(Cc2ccc3c(c2)OCO3)C(=O)Cc2c[nH]c3ccccc23)cc1. The van der Waals surface area contributed by atoms with Crippen molar-refractivity contribution in [1.29, 1.82) is 0 Å². The minimum atomic E-state index is -0.828. The number of nitrogens with one attached hydrogen (secondary N) is 2. The van der Waals surface area contributed by atoms with E-state index in [0.29, 0.717) is 17.2 Å². The lowest BCUT2D eigenvalue weighted by molar-refractivity contribution is -0.141. The zero-order valence-electron chi connectivity index (χ0n) is 23.2. The van der Waals surface area contributed by atoms with Gasteiger partial charge in [0.15, 0.2) is 11.5 Å². The van der Waals surface area contributed by atoms with E-state index in [4.69, 9.17) is 14.2 Å². The number of carbonyl (C=O) groups excluding carboxylic acids is 2. The molecule has 1 fully saturated rings. The second kappa shape index (κ2) is 12.0. The third-order valence-corrected chi connectivity index (χ3v) is 8.07. The molecule has 8 heteroatoms. The van der Waals surface area contributed by atoms with Crippen LogP contribution in [-0.4, -0.2) is 41.6 Å². The number of aromatic nitrogens is 1. The van der Waals surface area contributed by atoms with Crippen LogP contribution in [-0.2, 0) is 22.6 Å². The molecule has 1 aliphatic carbocycles. The first kappa shape index (κ1) is 26.7. The van der Waals surface area contributed by atoms with Gasteiger partial charge in [-0.15, -0.1) is 0 Å². The smallest absolute Gasteiger partial charge is 0.247 e. The molecule has 3 aromatic carbocycles. The van der Waals surface area contributed by atoms with Crippen LogP contribution >= 0.6 is 0 Å². The average Bonchev–Trinajstić information content (AvgIpc) is 3.64. The van der Waals surface area contributed by atoms with Gasteiger partial charge < -0.3 is 29.4 Å². The van der Waals surface area contributed by atoms with Crippen molar-refractivity contribution in [2.75, 3.05) is 13.9 Å². The van der Waals surface area contributed by atoms with Gasteiger partial charge >= 0.3 is 0 Å². The van der Waals surface area contributed by atoms with E-state index >= 15 is 0 Å². The van der Waals surface area contributed by atoms with Gasteiger partial charge in [0.2, 0.25) is 18.6 Å². The molecule has 212 valence electrons. The van der Waals surface area contributed by atoms with E-state index in [9.17, 15) is 9.59 Å². The molecular formula is C33H35N3O5. The number of carbonyl (C=O) groups is 2. The minimum absolute atomic E-state index is 0.105. The Morgan fingerprint density at radius 2 is 1.78 bits per heavy atom. The summed E-state index contributed by atoms with van der Waals surface area (Å²) in [7, 11) is 1.61. The van der Waals surface area contributed by atoms with E-state index < -0.39 is 6.04 Å². The molecule has 6 rings (SSSR count). The van der Waals surface area contributed by atoms with E-state index in [0.717, 1.165) is 53.3 Å². The summed E-state index contributed by atoms with van der Waals surface area (Å²) in [5, 5.41) is 4.28. The maximum atomic E-state index is 14.3. The summed E-state index contributed by atoms with van der Waals surface area (Å²) in [5.41, 5.74) is 3.44. The molecule has 41 heavy (non-hydrogen) atoms. The van der Waals surface area contributed by atoms with Gasteiger partial charge in [-0.25, -0.2) is 0 Å². The van der Waals surface area contributed by atoms with Gasteiger partial charge in [-0.05, 0) is 59.9 Å². The topological polar surface area (TPSA) is 92.9 Å². The number of methoxy groups -OCH3 is 1. The molecule has 0 spiro atoms. The lowest BCUT2D eigenvalue weighted by atomic mass is 9.94. The van der Waals surface area contributed by atoms with Crippen LogP contribution in [0, 0.1) is 0 Å². The van der Waals surface area contributed by atoms with E-state index in [2.05, 4.69) is 10.3 Å². The van der Waals surface area contributed by atoms with Crippen LogP contribution in [0.25, 0.3) is 10.9 Å². The molecule has 0 radical (unpaired) electrons. The summed E-state index contributed by atoms with van der Waals surface area (Å²) >= 11 is 0. The zero-order valence-corrected chi connectivity index (χ0v) is 23.2. The number of H-pyrrole nitrogens is 1. The molecule has 0 bridgehead atoms. The Morgan fingerprint density at radius 3 is 2.59 bits per heavy atom. The van der Waals surface area contributed by atoms with E-state index in [1.54, 1.807) is 12.0 Å². The monoisotopic (exact) mass is 553 g/mol. The summed E-state index contributed by atoms with van der Waals surface area (Å²) in [4.78, 5) is 33.4. The van der Waals surface area contributed by atoms with Crippen LogP contribution < -0.4 is 19.5 Å². The first-order valence-corrected chi connectivity index (χ1v) is 14.3. The quantitative estimate of drug-likeness (QED) is 0.279. The van der Waals surface area contributed by atoms with Gasteiger partial charge in [0.25, 0.3) is 0 Å². The first-order chi connectivity index (χ1) is 20.1. The van der Waals surface area contributed by atoms with Crippen LogP contribution in [0.4, 0.5) is 0 Å². The predicted octanol–water partition coefficient (Wildman–Crippen LogP) is 5.67. The summed E-state index contributed by atoms with van der Waals surface area (Å²) < 4.78 is 16.5. The third kappa shape index (κ3) is 5.87.